The minimum Gasteiger partial charge on any atom is -0.339 e. The smallest absolute Gasteiger partial charge is 0.261 e. The molecule has 2 aromatic carbocycles. The average molecular weight is 445 g/mol. The van der Waals surface area contributed by atoms with Gasteiger partial charge in [-0.15, -0.1) is 0 Å². The third kappa shape index (κ3) is 4.32. The molecule has 0 aliphatic carbocycles. The number of pyridine rings is 1. The minimum atomic E-state index is -3.98. The van der Waals surface area contributed by atoms with Crippen molar-refractivity contribution in [3.63, 3.8) is 0 Å². The van der Waals surface area contributed by atoms with Crippen LogP contribution in [-0.2, 0) is 16.4 Å². The van der Waals surface area contributed by atoms with Crippen molar-refractivity contribution in [2.45, 2.75) is 11.3 Å². The molecule has 0 aliphatic rings. The van der Waals surface area contributed by atoms with Crippen molar-refractivity contribution in [1.29, 1.82) is 0 Å². The lowest BCUT2D eigenvalue weighted by Crippen LogP contribution is -2.14. The Kier molecular flexibility index (Phi) is 5.47. The molecule has 1 N–H and O–H groups in total. The maximum Gasteiger partial charge on any atom is 0.261 e. The lowest BCUT2D eigenvalue weighted by molar-refractivity contribution is 0.386. The number of nitrogens with zero attached hydrogens (tertiary/aromatic N) is 3. The van der Waals surface area contributed by atoms with Crippen molar-refractivity contribution in [2.75, 3.05) is 4.72 Å². The third-order valence-corrected chi connectivity index (χ3v) is 5.86. The van der Waals surface area contributed by atoms with Crippen molar-refractivity contribution < 1.29 is 17.3 Å². The van der Waals surface area contributed by atoms with Gasteiger partial charge < -0.3 is 4.52 Å². The number of anilines is 1. The molecule has 0 atom stereocenters. The first-order valence-corrected chi connectivity index (χ1v) is 10.6. The fourth-order valence-corrected chi connectivity index (χ4v) is 4.10. The molecule has 0 aliphatic heterocycles. The van der Waals surface area contributed by atoms with Crippen LogP contribution in [0.15, 0.2) is 76.4 Å². The van der Waals surface area contributed by atoms with Gasteiger partial charge in [-0.1, -0.05) is 35.0 Å². The van der Waals surface area contributed by atoms with Crippen LogP contribution < -0.4 is 4.72 Å². The molecule has 0 fully saturated rings. The van der Waals surface area contributed by atoms with E-state index in [1.54, 1.807) is 48.8 Å². The van der Waals surface area contributed by atoms with Gasteiger partial charge in [-0.3, -0.25) is 9.71 Å². The number of halogens is 2. The number of hydrogen-bond donors (Lipinski definition) is 1. The molecule has 7 nitrogen and oxygen atoms in total. The molecule has 0 amide bonds. The van der Waals surface area contributed by atoms with Crippen LogP contribution in [0.3, 0.4) is 0 Å². The van der Waals surface area contributed by atoms with Crippen LogP contribution in [0.2, 0.25) is 5.02 Å². The first-order chi connectivity index (χ1) is 14.4. The summed E-state index contributed by atoms with van der Waals surface area (Å²) in [5.74, 6) is 0.0297. The molecule has 4 rings (SSSR count). The average Bonchev–Trinajstić information content (AvgIpc) is 3.20. The molecule has 2 aromatic heterocycles. The van der Waals surface area contributed by atoms with Crippen LogP contribution in [0, 0.1) is 5.82 Å². The first-order valence-electron chi connectivity index (χ1n) is 8.71. The molecule has 30 heavy (non-hydrogen) atoms. The zero-order valence-corrected chi connectivity index (χ0v) is 16.9. The second kappa shape index (κ2) is 8.21. The Bertz CT molecular complexity index is 1300. The summed E-state index contributed by atoms with van der Waals surface area (Å²) in [6.45, 7) is 0. The van der Waals surface area contributed by atoms with E-state index >= 15 is 0 Å². The Balaban J connectivity index is 1.59. The number of sulfonamides is 1. The number of nitrogens with one attached hydrogen (secondary N) is 1. The quantitative estimate of drug-likeness (QED) is 0.475. The van der Waals surface area contributed by atoms with Gasteiger partial charge in [0.15, 0.2) is 0 Å². The lowest BCUT2D eigenvalue weighted by Gasteiger charge is -2.12. The van der Waals surface area contributed by atoms with E-state index in [0.29, 0.717) is 23.0 Å². The highest BCUT2D eigenvalue weighted by Crippen LogP contribution is 2.25. The fourth-order valence-electron chi connectivity index (χ4n) is 2.73. The number of hydrogen-bond acceptors (Lipinski definition) is 6. The van der Waals surface area contributed by atoms with Gasteiger partial charge in [0, 0.05) is 18.0 Å². The Morgan fingerprint density at radius 3 is 2.60 bits per heavy atom. The van der Waals surface area contributed by atoms with E-state index in [2.05, 4.69) is 19.8 Å². The number of aromatic nitrogens is 3. The van der Waals surface area contributed by atoms with E-state index in [1.807, 2.05) is 0 Å². The van der Waals surface area contributed by atoms with E-state index in [4.69, 9.17) is 16.1 Å². The van der Waals surface area contributed by atoms with Crippen molar-refractivity contribution in [2.24, 2.45) is 0 Å². The topological polar surface area (TPSA) is 98.0 Å². The van der Waals surface area contributed by atoms with Gasteiger partial charge in [0.05, 0.1) is 22.0 Å². The van der Waals surface area contributed by atoms with Crippen molar-refractivity contribution in [3.8, 4) is 11.4 Å². The second-order valence-corrected chi connectivity index (χ2v) is 8.35. The Labute approximate surface area is 176 Å². The van der Waals surface area contributed by atoms with E-state index in [0.717, 1.165) is 23.8 Å². The zero-order valence-electron chi connectivity index (χ0n) is 15.3. The first kappa shape index (κ1) is 20.0. The summed E-state index contributed by atoms with van der Waals surface area (Å²) < 4.78 is 46.6. The lowest BCUT2D eigenvalue weighted by atomic mass is 10.1. The van der Waals surface area contributed by atoms with Crippen molar-refractivity contribution >= 4 is 27.3 Å². The molecule has 152 valence electrons. The predicted molar refractivity (Wildman–Crippen MR) is 109 cm³/mol. The van der Waals surface area contributed by atoms with E-state index in [9.17, 15) is 12.8 Å². The minimum absolute atomic E-state index is 0.151. The highest BCUT2D eigenvalue weighted by molar-refractivity contribution is 7.92. The Hall–Kier alpha value is -3.30. The van der Waals surface area contributed by atoms with E-state index < -0.39 is 15.8 Å². The van der Waals surface area contributed by atoms with Gasteiger partial charge in [0.25, 0.3) is 10.0 Å². The highest BCUT2D eigenvalue weighted by atomic mass is 35.5. The second-order valence-electron chi connectivity index (χ2n) is 6.26. The van der Waals surface area contributed by atoms with Gasteiger partial charge in [-0.25, -0.2) is 12.8 Å². The molecule has 10 heteroatoms. The molecule has 2 heterocycles. The largest absolute Gasteiger partial charge is 0.339 e. The molecular formula is C20H14ClFN4O3S. The maximum atomic E-state index is 13.4. The van der Waals surface area contributed by atoms with Gasteiger partial charge in [0.2, 0.25) is 11.7 Å². The van der Waals surface area contributed by atoms with E-state index in [1.165, 1.54) is 0 Å². The molecular weight excluding hydrogens is 431 g/mol. The summed E-state index contributed by atoms with van der Waals surface area (Å²) in [4.78, 5) is 8.15. The van der Waals surface area contributed by atoms with Crippen LogP contribution in [0.5, 0.6) is 0 Å². The van der Waals surface area contributed by atoms with Gasteiger partial charge in [-0.05, 0) is 42.0 Å². The molecule has 0 spiro atoms. The van der Waals surface area contributed by atoms with Gasteiger partial charge in [-0.2, -0.15) is 4.98 Å². The van der Waals surface area contributed by atoms with Crippen molar-refractivity contribution in [3.05, 3.63) is 89.3 Å². The van der Waals surface area contributed by atoms with Crippen molar-refractivity contribution in [1.82, 2.24) is 15.1 Å². The van der Waals surface area contributed by atoms with Crippen LogP contribution >= 0.6 is 11.6 Å². The normalized spacial score (nSPS) is 11.4. The maximum absolute atomic E-state index is 13.4. The number of para-hydroxylation sites is 1. The van der Waals surface area contributed by atoms with Gasteiger partial charge >= 0.3 is 0 Å². The Morgan fingerprint density at radius 2 is 1.83 bits per heavy atom. The molecule has 0 saturated carbocycles. The predicted octanol–water partition coefficient (Wildman–Crippen LogP) is 4.32. The molecule has 0 unspecified atom stereocenters. The molecule has 0 bridgehead atoms. The fraction of sp³-hybridized carbons (Fsp3) is 0.0500. The van der Waals surface area contributed by atoms with Gasteiger partial charge in [0.1, 0.15) is 5.82 Å². The van der Waals surface area contributed by atoms with Crippen LogP contribution in [0.4, 0.5) is 10.1 Å². The Morgan fingerprint density at radius 1 is 1.07 bits per heavy atom. The van der Waals surface area contributed by atoms with Crippen LogP contribution in [0.25, 0.3) is 11.4 Å². The van der Waals surface area contributed by atoms with Crippen LogP contribution in [0.1, 0.15) is 11.5 Å². The standard InChI is InChI=1S/C20H14ClFN4O3S/c21-16-12-15(5-6-17(16)22)30(27,28)26-18-4-2-1-3-14(18)11-19-24-20(25-29-19)13-7-9-23-10-8-13/h1-10,12,26H,11H2. The molecule has 4 aromatic rings. The number of benzene rings is 2. The monoisotopic (exact) mass is 444 g/mol. The molecule has 0 radical (unpaired) electrons. The zero-order chi connectivity index (χ0) is 21.1. The summed E-state index contributed by atoms with van der Waals surface area (Å²) in [6, 6.07) is 13.5. The highest BCUT2D eigenvalue weighted by Gasteiger charge is 2.19. The van der Waals surface area contributed by atoms with Crippen LogP contribution in [-0.4, -0.2) is 23.5 Å². The number of rotatable bonds is 6. The van der Waals surface area contributed by atoms with E-state index in [-0.39, 0.29) is 16.3 Å². The summed E-state index contributed by atoms with van der Waals surface area (Å²) in [6.07, 6.45) is 3.45. The SMILES string of the molecule is O=S(=O)(Nc1ccccc1Cc1nc(-c2ccncc2)no1)c1ccc(F)c(Cl)c1. The summed E-state index contributed by atoms with van der Waals surface area (Å²) in [7, 11) is -3.98. The summed E-state index contributed by atoms with van der Waals surface area (Å²) in [5.41, 5.74) is 1.71. The molecule has 0 saturated heterocycles. The third-order valence-electron chi connectivity index (χ3n) is 4.21. The summed E-state index contributed by atoms with van der Waals surface area (Å²) >= 11 is 5.72. The summed E-state index contributed by atoms with van der Waals surface area (Å²) in [5, 5.41) is 3.67.